The quantitative estimate of drug-likeness (QED) is 0.175. The smallest absolute Gasteiger partial charge is 0.0543 e. The molecule has 1 nitrogen and oxygen atoms in total. The number of hydrogen-bond acceptors (Lipinski definition) is 1. The Morgan fingerprint density at radius 3 is 1.70 bits per heavy atom. The summed E-state index contributed by atoms with van der Waals surface area (Å²) in [6, 6.07) is 68.5. The highest BCUT2D eigenvalue weighted by molar-refractivity contribution is 6.02. The van der Waals surface area contributed by atoms with E-state index in [1.54, 1.807) is 0 Å². The summed E-state index contributed by atoms with van der Waals surface area (Å²) in [5.41, 5.74) is 16.0. The molecular formula is C49H37N. The maximum Gasteiger partial charge on any atom is 0.0543 e. The summed E-state index contributed by atoms with van der Waals surface area (Å²) in [5.74, 6) is 0. The van der Waals surface area contributed by atoms with Crippen LogP contribution in [0.1, 0.15) is 25.0 Å². The van der Waals surface area contributed by atoms with Gasteiger partial charge in [0.2, 0.25) is 0 Å². The Morgan fingerprint density at radius 1 is 0.360 bits per heavy atom. The van der Waals surface area contributed by atoms with Crippen molar-refractivity contribution in [2.45, 2.75) is 19.3 Å². The number of anilines is 3. The zero-order valence-corrected chi connectivity index (χ0v) is 28.3. The molecule has 0 aliphatic heterocycles. The van der Waals surface area contributed by atoms with Crippen molar-refractivity contribution in [1.82, 2.24) is 0 Å². The number of nitrogens with zero attached hydrogens (tertiary/aromatic N) is 1. The summed E-state index contributed by atoms with van der Waals surface area (Å²) in [6.07, 6.45) is 0. The third kappa shape index (κ3) is 4.94. The Balaban J connectivity index is 1.27. The Morgan fingerprint density at radius 2 is 0.960 bits per heavy atom. The lowest BCUT2D eigenvalue weighted by Gasteiger charge is -2.31. The monoisotopic (exact) mass is 639 g/mol. The lowest BCUT2D eigenvalue weighted by Crippen LogP contribution is -2.16. The van der Waals surface area contributed by atoms with Crippen LogP contribution in [0.3, 0.4) is 0 Å². The van der Waals surface area contributed by atoms with Crippen molar-refractivity contribution in [1.29, 1.82) is 0 Å². The van der Waals surface area contributed by atoms with Crippen LogP contribution in [0.4, 0.5) is 17.1 Å². The zero-order valence-electron chi connectivity index (χ0n) is 28.3. The lowest BCUT2D eigenvalue weighted by atomic mass is 9.81. The van der Waals surface area contributed by atoms with E-state index >= 15 is 0 Å². The number of para-hydroxylation sites is 2. The van der Waals surface area contributed by atoms with E-state index in [0.717, 1.165) is 11.4 Å². The van der Waals surface area contributed by atoms with Gasteiger partial charge in [-0.15, -0.1) is 0 Å². The second kappa shape index (κ2) is 12.1. The van der Waals surface area contributed by atoms with Crippen LogP contribution in [0.15, 0.2) is 188 Å². The van der Waals surface area contributed by atoms with Crippen molar-refractivity contribution < 1.29 is 0 Å². The molecule has 0 heterocycles. The van der Waals surface area contributed by atoms with E-state index in [0.29, 0.717) is 0 Å². The molecule has 0 radical (unpaired) electrons. The van der Waals surface area contributed by atoms with Gasteiger partial charge < -0.3 is 4.90 Å². The van der Waals surface area contributed by atoms with Crippen molar-refractivity contribution >= 4 is 27.8 Å². The normalized spacial score (nSPS) is 12.8. The minimum atomic E-state index is -0.167. The molecule has 1 aliphatic carbocycles. The second-order valence-corrected chi connectivity index (χ2v) is 13.8. The van der Waals surface area contributed by atoms with Crippen LogP contribution >= 0.6 is 0 Å². The van der Waals surface area contributed by atoms with Crippen molar-refractivity contribution in [2.24, 2.45) is 0 Å². The van der Waals surface area contributed by atoms with Gasteiger partial charge in [0, 0.05) is 22.2 Å². The van der Waals surface area contributed by atoms with Crippen LogP contribution < -0.4 is 4.90 Å². The first-order chi connectivity index (χ1) is 24.6. The van der Waals surface area contributed by atoms with Gasteiger partial charge in [-0.3, -0.25) is 0 Å². The molecule has 0 bridgehead atoms. The van der Waals surface area contributed by atoms with Gasteiger partial charge in [0.05, 0.1) is 11.4 Å². The van der Waals surface area contributed by atoms with E-state index in [1.165, 1.54) is 72.1 Å². The van der Waals surface area contributed by atoms with E-state index in [9.17, 15) is 0 Å². The average Bonchev–Trinajstić information content (AvgIpc) is 3.40. The van der Waals surface area contributed by atoms with Crippen LogP contribution in [0, 0.1) is 0 Å². The summed E-state index contributed by atoms with van der Waals surface area (Å²) in [6.45, 7) is 4.76. The average molecular weight is 640 g/mol. The largest absolute Gasteiger partial charge is 0.309 e. The molecule has 0 amide bonds. The molecule has 0 spiro atoms. The van der Waals surface area contributed by atoms with Gasteiger partial charge in [-0.2, -0.15) is 0 Å². The minimum Gasteiger partial charge on any atom is -0.309 e. The molecule has 0 N–H and O–H groups in total. The lowest BCUT2D eigenvalue weighted by molar-refractivity contribution is 0.661. The van der Waals surface area contributed by atoms with Crippen LogP contribution in [-0.4, -0.2) is 0 Å². The Hall–Kier alpha value is -6.18. The van der Waals surface area contributed by atoms with Crippen molar-refractivity contribution in [3.05, 3.63) is 199 Å². The third-order valence-corrected chi connectivity index (χ3v) is 10.4. The van der Waals surface area contributed by atoms with Crippen LogP contribution in [-0.2, 0) is 5.41 Å². The highest BCUT2D eigenvalue weighted by atomic mass is 15.1. The first kappa shape index (κ1) is 29.9. The summed E-state index contributed by atoms with van der Waals surface area (Å²) >= 11 is 0. The molecule has 1 heteroatoms. The van der Waals surface area contributed by atoms with Gasteiger partial charge in [-0.25, -0.2) is 0 Å². The zero-order chi connectivity index (χ0) is 33.7. The molecule has 0 fully saturated rings. The Bertz CT molecular complexity index is 2490. The number of rotatable bonds is 6. The van der Waals surface area contributed by atoms with Gasteiger partial charge in [-0.05, 0) is 97.7 Å². The molecule has 9 rings (SSSR count). The highest BCUT2D eigenvalue weighted by Gasteiger charge is 2.38. The van der Waals surface area contributed by atoms with E-state index in [4.69, 9.17) is 0 Å². The standard InChI is InChI=1S/C49H37N/c1-49(2)44-26-16-28-47(48(44)43-32-37-30-29-36(31-38(37)33-45(43)49)34-17-6-3-7-18-34)50(39-21-10-5-11-22-39)46-27-15-14-25-42(46)41-24-13-12-23-40(41)35-19-8-4-9-20-35/h3-33H,1-2H3. The molecule has 0 atom stereocenters. The molecule has 8 aromatic carbocycles. The maximum absolute atomic E-state index is 2.48. The summed E-state index contributed by atoms with van der Waals surface area (Å²) < 4.78 is 0. The summed E-state index contributed by atoms with van der Waals surface area (Å²) in [4.78, 5) is 2.48. The first-order valence-corrected chi connectivity index (χ1v) is 17.4. The molecule has 0 unspecified atom stereocenters. The SMILES string of the molecule is CC1(C)c2cc3cc(-c4ccccc4)ccc3cc2-c2c(N(c3ccccc3)c3ccccc3-c3ccccc3-c3ccccc3)cccc21. The molecule has 0 saturated heterocycles. The van der Waals surface area contributed by atoms with Gasteiger partial charge in [0.25, 0.3) is 0 Å². The number of hydrogen-bond donors (Lipinski definition) is 0. The predicted molar refractivity (Wildman–Crippen MR) is 213 cm³/mol. The molecule has 0 saturated carbocycles. The van der Waals surface area contributed by atoms with E-state index in [-0.39, 0.29) is 5.41 Å². The van der Waals surface area contributed by atoms with E-state index in [2.05, 4.69) is 207 Å². The number of fused-ring (bicyclic) bond motifs is 4. The van der Waals surface area contributed by atoms with Crippen LogP contribution in [0.5, 0.6) is 0 Å². The molecule has 0 aromatic heterocycles. The van der Waals surface area contributed by atoms with Gasteiger partial charge >= 0.3 is 0 Å². The minimum absolute atomic E-state index is 0.167. The summed E-state index contributed by atoms with van der Waals surface area (Å²) in [5, 5.41) is 2.53. The number of benzene rings is 8. The van der Waals surface area contributed by atoms with E-state index in [1.807, 2.05) is 0 Å². The van der Waals surface area contributed by atoms with Gasteiger partial charge in [0.15, 0.2) is 0 Å². The molecule has 50 heavy (non-hydrogen) atoms. The van der Waals surface area contributed by atoms with E-state index < -0.39 is 0 Å². The maximum atomic E-state index is 2.48. The third-order valence-electron chi connectivity index (χ3n) is 10.4. The first-order valence-electron chi connectivity index (χ1n) is 17.4. The van der Waals surface area contributed by atoms with Crippen LogP contribution in [0.2, 0.25) is 0 Å². The highest BCUT2D eigenvalue weighted by Crippen LogP contribution is 2.56. The Kier molecular flexibility index (Phi) is 7.21. The summed E-state index contributed by atoms with van der Waals surface area (Å²) in [7, 11) is 0. The van der Waals surface area contributed by atoms with Crippen molar-refractivity contribution in [3.8, 4) is 44.5 Å². The fraction of sp³-hybridized carbons (Fsp3) is 0.0612. The molecule has 1 aliphatic rings. The molecule has 238 valence electrons. The van der Waals surface area contributed by atoms with Crippen molar-refractivity contribution in [3.63, 3.8) is 0 Å². The predicted octanol–water partition coefficient (Wildman–Crippen LogP) is 13.6. The molecular weight excluding hydrogens is 603 g/mol. The molecule has 8 aromatic rings. The van der Waals surface area contributed by atoms with Gasteiger partial charge in [-0.1, -0.05) is 159 Å². The fourth-order valence-corrected chi connectivity index (χ4v) is 7.98. The van der Waals surface area contributed by atoms with Crippen LogP contribution in [0.25, 0.3) is 55.3 Å². The Labute approximate surface area is 294 Å². The van der Waals surface area contributed by atoms with Crippen molar-refractivity contribution in [2.75, 3.05) is 4.90 Å². The fourth-order valence-electron chi connectivity index (χ4n) is 7.98. The second-order valence-electron chi connectivity index (χ2n) is 13.8. The van der Waals surface area contributed by atoms with Gasteiger partial charge in [0.1, 0.15) is 0 Å². The topological polar surface area (TPSA) is 3.24 Å².